The Bertz CT molecular complexity index is 492. The minimum Gasteiger partial charge on any atom is -0.493 e. The number of likely N-dealkylation sites (tertiary alicyclic amines) is 1. The van der Waals surface area contributed by atoms with Crippen LogP contribution in [0.3, 0.4) is 0 Å². The topological polar surface area (TPSA) is 38.8 Å². The SMILES string of the molecule is COc1cccc([C@H]2CCN(C(=O)CCSC)C2)c1OC. The van der Waals surface area contributed by atoms with E-state index in [0.717, 1.165) is 42.3 Å². The smallest absolute Gasteiger partial charge is 0.223 e. The predicted octanol–water partition coefficient (Wildman–Crippen LogP) is 2.77. The molecule has 1 amide bonds. The average molecular weight is 309 g/mol. The Morgan fingerprint density at radius 2 is 2.19 bits per heavy atom. The Balaban J connectivity index is 2.09. The first-order valence-corrected chi connectivity index (χ1v) is 8.58. The Hall–Kier alpha value is -1.36. The van der Waals surface area contributed by atoms with E-state index in [4.69, 9.17) is 9.47 Å². The Morgan fingerprint density at radius 1 is 1.38 bits per heavy atom. The number of hydrogen-bond donors (Lipinski definition) is 0. The number of ether oxygens (including phenoxy) is 2. The van der Waals surface area contributed by atoms with Crippen molar-refractivity contribution in [2.75, 3.05) is 39.3 Å². The highest BCUT2D eigenvalue weighted by molar-refractivity contribution is 7.98. The van der Waals surface area contributed by atoms with Gasteiger partial charge in [0.15, 0.2) is 11.5 Å². The van der Waals surface area contributed by atoms with Crippen LogP contribution in [0.1, 0.15) is 24.3 Å². The third-order valence-corrected chi connectivity index (χ3v) is 4.55. The zero-order valence-corrected chi connectivity index (χ0v) is 13.7. The van der Waals surface area contributed by atoms with Crippen molar-refractivity contribution in [2.45, 2.75) is 18.8 Å². The van der Waals surface area contributed by atoms with E-state index >= 15 is 0 Å². The van der Waals surface area contributed by atoms with Crippen molar-refractivity contribution >= 4 is 17.7 Å². The van der Waals surface area contributed by atoms with Crippen LogP contribution >= 0.6 is 11.8 Å². The second-order valence-corrected chi connectivity index (χ2v) is 6.14. The molecule has 116 valence electrons. The van der Waals surface area contributed by atoms with E-state index in [2.05, 4.69) is 6.07 Å². The summed E-state index contributed by atoms with van der Waals surface area (Å²) in [5, 5.41) is 0. The molecule has 0 bridgehead atoms. The first-order valence-electron chi connectivity index (χ1n) is 7.18. The second-order valence-electron chi connectivity index (χ2n) is 5.15. The molecule has 4 nitrogen and oxygen atoms in total. The van der Waals surface area contributed by atoms with Gasteiger partial charge in [0.2, 0.25) is 5.91 Å². The van der Waals surface area contributed by atoms with Gasteiger partial charge < -0.3 is 14.4 Å². The lowest BCUT2D eigenvalue weighted by atomic mass is 9.97. The molecule has 2 rings (SSSR count). The molecule has 1 fully saturated rings. The van der Waals surface area contributed by atoms with Gasteiger partial charge in [-0.1, -0.05) is 12.1 Å². The monoisotopic (exact) mass is 309 g/mol. The van der Waals surface area contributed by atoms with Crippen molar-refractivity contribution in [3.05, 3.63) is 23.8 Å². The molecule has 0 unspecified atom stereocenters. The van der Waals surface area contributed by atoms with E-state index in [1.165, 1.54) is 0 Å². The number of methoxy groups -OCH3 is 2. The molecule has 0 saturated carbocycles. The lowest BCUT2D eigenvalue weighted by Crippen LogP contribution is -2.28. The molecule has 21 heavy (non-hydrogen) atoms. The molecule has 0 radical (unpaired) electrons. The summed E-state index contributed by atoms with van der Waals surface area (Å²) in [4.78, 5) is 14.1. The normalized spacial score (nSPS) is 17.9. The highest BCUT2D eigenvalue weighted by Crippen LogP contribution is 2.39. The van der Waals surface area contributed by atoms with Crippen LogP contribution in [0.2, 0.25) is 0 Å². The highest BCUT2D eigenvalue weighted by atomic mass is 32.2. The number of amides is 1. The largest absolute Gasteiger partial charge is 0.493 e. The summed E-state index contributed by atoms with van der Waals surface area (Å²) in [6, 6.07) is 5.95. The van der Waals surface area contributed by atoms with Crippen molar-refractivity contribution < 1.29 is 14.3 Å². The van der Waals surface area contributed by atoms with E-state index in [9.17, 15) is 4.79 Å². The fourth-order valence-corrected chi connectivity index (χ4v) is 3.20. The van der Waals surface area contributed by atoms with Gasteiger partial charge in [0.05, 0.1) is 14.2 Å². The molecule has 1 aromatic rings. The summed E-state index contributed by atoms with van der Waals surface area (Å²) in [5.74, 6) is 3.02. The van der Waals surface area contributed by atoms with Gasteiger partial charge >= 0.3 is 0 Å². The fraction of sp³-hybridized carbons (Fsp3) is 0.562. The number of hydrogen-bond acceptors (Lipinski definition) is 4. The minimum absolute atomic E-state index is 0.258. The number of nitrogens with zero attached hydrogens (tertiary/aromatic N) is 1. The summed E-state index contributed by atoms with van der Waals surface area (Å²) in [6.07, 6.45) is 3.64. The molecule has 1 aromatic carbocycles. The van der Waals surface area contributed by atoms with Gasteiger partial charge in [-0.05, 0) is 18.7 Å². The summed E-state index contributed by atoms with van der Waals surface area (Å²) in [5.41, 5.74) is 1.14. The first-order chi connectivity index (χ1) is 10.2. The van der Waals surface area contributed by atoms with Crippen LogP contribution in [0.15, 0.2) is 18.2 Å². The van der Waals surface area contributed by atoms with E-state index in [-0.39, 0.29) is 5.91 Å². The standard InChI is InChI=1S/C16H23NO3S/c1-19-14-6-4-5-13(16(14)20-2)12-7-9-17(11-12)15(18)8-10-21-3/h4-6,12H,7-11H2,1-3H3/t12-/m0/s1. The molecule has 5 heteroatoms. The van der Waals surface area contributed by atoms with Gasteiger partial charge in [-0.15, -0.1) is 0 Å². The molecular weight excluding hydrogens is 286 g/mol. The molecule has 0 N–H and O–H groups in total. The van der Waals surface area contributed by atoms with Crippen molar-refractivity contribution in [1.82, 2.24) is 4.90 Å². The second kappa shape index (κ2) is 7.59. The maximum atomic E-state index is 12.1. The summed E-state index contributed by atoms with van der Waals surface area (Å²) >= 11 is 1.71. The molecule has 1 atom stereocenters. The van der Waals surface area contributed by atoms with Crippen LogP contribution in [0, 0.1) is 0 Å². The molecule has 1 saturated heterocycles. The van der Waals surface area contributed by atoms with Crippen LogP contribution in [0.5, 0.6) is 11.5 Å². The van der Waals surface area contributed by atoms with Gasteiger partial charge in [0, 0.05) is 36.7 Å². The lowest BCUT2D eigenvalue weighted by Gasteiger charge is -2.19. The summed E-state index contributed by atoms with van der Waals surface area (Å²) in [6.45, 7) is 1.61. The van der Waals surface area contributed by atoms with Crippen LogP contribution < -0.4 is 9.47 Å². The Kier molecular flexibility index (Phi) is 5.79. The predicted molar refractivity (Wildman–Crippen MR) is 86.5 cm³/mol. The van der Waals surface area contributed by atoms with E-state index in [1.807, 2.05) is 23.3 Å². The Labute approximate surface area is 130 Å². The molecule has 0 aliphatic carbocycles. The van der Waals surface area contributed by atoms with Crippen LogP contribution in [0.25, 0.3) is 0 Å². The number of carbonyl (C=O) groups is 1. The van der Waals surface area contributed by atoms with Crippen molar-refractivity contribution in [1.29, 1.82) is 0 Å². The van der Waals surface area contributed by atoms with E-state index in [1.54, 1.807) is 26.0 Å². The van der Waals surface area contributed by atoms with Crippen molar-refractivity contribution in [2.24, 2.45) is 0 Å². The van der Waals surface area contributed by atoms with Crippen LogP contribution in [-0.4, -0.2) is 50.1 Å². The average Bonchev–Trinajstić information content (AvgIpc) is 3.01. The number of carbonyl (C=O) groups excluding carboxylic acids is 1. The number of benzene rings is 1. The van der Waals surface area contributed by atoms with E-state index < -0.39 is 0 Å². The summed E-state index contributed by atoms with van der Waals surface area (Å²) < 4.78 is 10.9. The van der Waals surface area contributed by atoms with Gasteiger partial charge in [-0.3, -0.25) is 4.79 Å². The zero-order chi connectivity index (χ0) is 15.2. The van der Waals surface area contributed by atoms with Gasteiger partial charge in [0.25, 0.3) is 0 Å². The molecular formula is C16H23NO3S. The summed E-state index contributed by atoms with van der Waals surface area (Å²) in [7, 11) is 3.31. The number of para-hydroxylation sites is 1. The number of rotatable bonds is 6. The molecule has 0 spiro atoms. The molecule has 1 heterocycles. The van der Waals surface area contributed by atoms with Gasteiger partial charge in [0.1, 0.15) is 0 Å². The number of thioether (sulfide) groups is 1. The third-order valence-electron chi connectivity index (χ3n) is 3.93. The van der Waals surface area contributed by atoms with Crippen molar-refractivity contribution in [3.63, 3.8) is 0 Å². The molecule has 1 aliphatic heterocycles. The first kappa shape index (κ1) is 16.0. The third kappa shape index (κ3) is 3.64. The van der Waals surface area contributed by atoms with Crippen LogP contribution in [0.4, 0.5) is 0 Å². The van der Waals surface area contributed by atoms with Crippen molar-refractivity contribution in [3.8, 4) is 11.5 Å². The maximum absolute atomic E-state index is 12.1. The van der Waals surface area contributed by atoms with Gasteiger partial charge in [-0.2, -0.15) is 11.8 Å². The van der Waals surface area contributed by atoms with Gasteiger partial charge in [-0.25, -0.2) is 0 Å². The molecule has 0 aromatic heterocycles. The minimum atomic E-state index is 0.258. The quantitative estimate of drug-likeness (QED) is 0.810. The highest BCUT2D eigenvalue weighted by Gasteiger charge is 2.29. The van der Waals surface area contributed by atoms with E-state index in [0.29, 0.717) is 12.3 Å². The Morgan fingerprint density at radius 3 is 2.86 bits per heavy atom. The fourth-order valence-electron chi connectivity index (χ4n) is 2.82. The van der Waals surface area contributed by atoms with Crippen LogP contribution in [-0.2, 0) is 4.79 Å². The maximum Gasteiger partial charge on any atom is 0.223 e. The lowest BCUT2D eigenvalue weighted by molar-refractivity contribution is -0.129. The molecule has 1 aliphatic rings. The zero-order valence-electron chi connectivity index (χ0n) is 12.9.